The van der Waals surface area contributed by atoms with Crippen LogP contribution < -0.4 is 0 Å². The first-order chi connectivity index (χ1) is 9.54. The van der Waals surface area contributed by atoms with E-state index in [-0.39, 0.29) is 11.4 Å². The Kier molecular flexibility index (Phi) is 2.67. The molecule has 0 aliphatic rings. The molecule has 3 aromatic rings. The first-order valence-corrected chi connectivity index (χ1v) is 5.73. The van der Waals surface area contributed by atoms with Crippen LogP contribution in [0.25, 0.3) is 22.6 Å². The topological polar surface area (TPSA) is 80.9 Å². The predicted octanol–water partition coefficient (Wildman–Crippen LogP) is 1.87. The number of carboxylic acid groups (broad SMARTS) is 1. The van der Waals surface area contributed by atoms with Crippen LogP contribution in [0.2, 0.25) is 0 Å². The van der Waals surface area contributed by atoms with Gasteiger partial charge in [-0.2, -0.15) is 0 Å². The number of nitrogens with zero attached hydrogens (tertiary/aromatic N) is 4. The van der Waals surface area contributed by atoms with Crippen molar-refractivity contribution in [2.24, 2.45) is 7.05 Å². The first-order valence-electron chi connectivity index (χ1n) is 5.73. The number of aryl methyl sites for hydroxylation is 1. The molecule has 0 saturated carbocycles. The highest BCUT2D eigenvalue weighted by Gasteiger charge is 2.11. The lowest BCUT2D eigenvalue weighted by atomic mass is 10.1. The van der Waals surface area contributed by atoms with E-state index < -0.39 is 11.8 Å². The lowest BCUT2D eigenvalue weighted by Gasteiger charge is -2.03. The van der Waals surface area contributed by atoms with Crippen LogP contribution in [0.1, 0.15) is 10.4 Å². The number of carbonyl (C=O) groups is 1. The Morgan fingerprint density at radius 2 is 2.10 bits per heavy atom. The van der Waals surface area contributed by atoms with Crippen molar-refractivity contribution in [3.8, 4) is 11.4 Å². The standard InChI is InChI=1S/C13H9FN4O2/c1-18-6-16-10-5-15-11(17-12(10)18)7-2-8(13(19)20)4-9(14)3-7/h2-6H,1H3,(H,19,20). The number of rotatable bonds is 2. The van der Waals surface area contributed by atoms with Crippen LogP contribution in [-0.4, -0.2) is 30.6 Å². The van der Waals surface area contributed by atoms with E-state index in [1.165, 1.54) is 18.3 Å². The molecular formula is C13H9FN4O2. The number of benzene rings is 1. The second-order valence-electron chi connectivity index (χ2n) is 4.29. The molecule has 0 bridgehead atoms. The van der Waals surface area contributed by atoms with Crippen LogP contribution in [-0.2, 0) is 7.05 Å². The third-order valence-corrected chi connectivity index (χ3v) is 2.86. The van der Waals surface area contributed by atoms with Crippen molar-refractivity contribution in [3.05, 3.63) is 42.1 Å². The Bertz CT molecular complexity index is 828. The van der Waals surface area contributed by atoms with Gasteiger partial charge in [0.05, 0.1) is 18.1 Å². The van der Waals surface area contributed by atoms with Gasteiger partial charge >= 0.3 is 5.97 Å². The average Bonchev–Trinajstić information content (AvgIpc) is 2.79. The van der Waals surface area contributed by atoms with Crippen LogP contribution in [0.3, 0.4) is 0 Å². The molecule has 20 heavy (non-hydrogen) atoms. The lowest BCUT2D eigenvalue weighted by Crippen LogP contribution is -1.99. The zero-order chi connectivity index (χ0) is 14.3. The van der Waals surface area contributed by atoms with Gasteiger partial charge in [0.2, 0.25) is 0 Å². The molecule has 0 fully saturated rings. The number of halogens is 1. The Balaban J connectivity index is 2.19. The Labute approximate surface area is 112 Å². The van der Waals surface area contributed by atoms with Crippen LogP contribution in [0.5, 0.6) is 0 Å². The molecule has 3 rings (SSSR count). The highest BCUT2D eigenvalue weighted by Crippen LogP contribution is 2.20. The number of aromatic nitrogens is 4. The zero-order valence-electron chi connectivity index (χ0n) is 10.4. The minimum atomic E-state index is -1.20. The van der Waals surface area contributed by atoms with Gasteiger partial charge in [-0.1, -0.05) is 0 Å². The van der Waals surface area contributed by atoms with Gasteiger partial charge in [0.15, 0.2) is 11.5 Å². The van der Waals surface area contributed by atoms with Crippen LogP contribution >= 0.6 is 0 Å². The van der Waals surface area contributed by atoms with E-state index >= 15 is 0 Å². The minimum Gasteiger partial charge on any atom is -0.478 e. The van der Waals surface area contributed by atoms with E-state index in [9.17, 15) is 9.18 Å². The summed E-state index contributed by atoms with van der Waals surface area (Å²) in [5.74, 6) is -1.59. The maximum Gasteiger partial charge on any atom is 0.335 e. The summed E-state index contributed by atoms with van der Waals surface area (Å²) in [6.07, 6.45) is 3.11. The molecule has 100 valence electrons. The van der Waals surface area contributed by atoms with Gasteiger partial charge in [0.1, 0.15) is 11.3 Å². The SMILES string of the molecule is Cn1cnc2cnc(-c3cc(F)cc(C(=O)O)c3)nc21. The number of carboxylic acids is 1. The van der Waals surface area contributed by atoms with Crippen LogP contribution in [0.15, 0.2) is 30.7 Å². The number of fused-ring (bicyclic) bond motifs is 1. The molecule has 2 aromatic heterocycles. The van der Waals surface area contributed by atoms with Gasteiger partial charge < -0.3 is 9.67 Å². The second kappa shape index (κ2) is 4.37. The van der Waals surface area contributed by atoms with Crippen LogP contribution in [0, 0.1) is 5.82 Å². The highest BCUT2D eigenvalue weighted by atomic mass is 19.1. The van der Waals surface area contributed by atoms with Crippen molar-refractivity contribution < 1.29 is 14.3 Å². The van der Waals surface area contributed by atoms with Crippen LogP contribution in [0.4, 0.5) is 4.39 Å². The van der Waals surface area contributed by atoms with Crippen molar-refractivity contribution in [1.82, 2.24) is 19.5 Å². The van der Waals surface area contributed by atoms with E-state index in [1.54, 1.807) is 17.9 Å². The van der Waals surface area contributed by atoms with Crippen molar-refractivity contribution in [2.45, 2.75) is 0 Å². The van der Waals surface area contributed by atoms with E-state index in [4.69, 9.17) is 5.11 Å². The fraction of sp³-hybridized carbons (Fsp3) is 0.0769. The molecular weight excluding hydrogens is 263 g/mol. The normalized spacial score (nSPS) is 10.9. The van der Waals surface area contributed by atoms with Gasteiger partial charge in [-0.05, 0) is 18.2 Å². The molecule has 0 unspecified atom stereocenters. The summed E-state index contributed by atoms with van der Waals surface area (Å²) in [5.41, 5.74) is 1.38. The average molecular weight is 272 g/mol. The molecule has 0 aliphatic carbocycles. The highest BCUT2D eigenvalue weighted by molar-refractivity contribution is 5.89. The Hall–Kier alpha value is -2.83. The summed E-state index contributed by atoms with van der Waals surface area (Å²) in [4.78, 5) is 23.4. The number of hydrogen-bond acceptors (Lipinski definition) is 4. The van der Waals surface area contributed by atoms with Gasteiger partial charge in [-0.25, -0.2) is 24.1 Å². The summed E-state index contributed by atoms with van der Waals surface area (Å²) < 4.78 is 15.2. The maximum absolute atomic E-state index is 13.5. The molecule has 0 spiro atoms. The maximum atomic E-state index is 13.5. The molecule has 0 atom stereocenters. The lowest BCUT2D eigenvalue weighted by molar-refractivity contribution is 0.0696. The van der Waals surface area contributed by atoms with Crippen molar-refractivity contribution >= 4 is 17.1 Å². The first kappa shape index (κ1) is 12.2. The third kappa shape index (κ3) is 1.99. The fourth-order valence-corrected chi connectivity index (χ4v) is 1.90. The van der Waals surface area contributed by atoms with E-state index in [2.05, 4.69) is 15.0 Å². The second-order valence-corrected chi connectivity index (χ2v) is 4.29. The van der Waals surface area contributed by atoms with Gasteiger partial charge in [-0.15, -0.1) is 0 Å². The van der Waals surface area contributed by atoms with Gasteiger partial charge in [0, 0.05) is 12.6 Å². The largest absolute Gasteiger partial charge is 0.478 e. The molecule has 6 nitrogen and oxygen atoms in total. The number of imidazole rings is 1. The summed E-state index contributed by atoms with van der Waals surface area (Å²) in [6.45, 7) is 0. The molecule has 2 heterocycles. The monoisotopic (exact) mass is 272 g/mol. The fourth-order valence-electron chi connectivity index (χ4n) is 1.90. The quantitative estimate of drug-likeness (QED) is 0.770. The van der Waals surface area contributed by atoms with Crippen molar-refractivity contribution in [3.63, 3.8) is 0 Å². The van der Waals surface area contributed by atoms with E-state index in [0.717, 1.165) is 6.07 Å². The van der Waals surface area contributed by atoms with E-state index in [1.807, 2.05) is 0 Å². The zero-order valence-corrected chi connectivity index (χ0v) is 10.4. The third-order valence-electron chi connectivity index (χ3n) is 2.86. The minimum absolute atomic E-state index is 0.145. The summed E-state index contributed by atoms with van der Waals surface area (Å²) in [6, 6.07) is 3.49. The van der Waals surface area contributed by atoms with E-state index in [0.29, 0.717) is 16.7 Å². The summed E-state index contributed by atoms with van der Waals surface area (Å²) in [7, 11) is 1.78. The Morgan fingerprint density at radius 1 is 1.30 bits per heavy atom. The predicted molar refractivity (Wildman–Crippen MR) is 68.7 cm³/mol. The van der Waals surface area contributed by atoms with Gasteiger partial charge in [0.25, 0.3) is 0 Å². The van der Waals surface area contributed by atoms with Crippen molar-refractivity contribution in [1.29, 1.82) is 0 Å². The molecule has 0 aliphatic heterocycles. The van der Waals surface area contributed by atoms with Crippen molar-refractivity contribution in [2.75, 3.05) is 0 Å². The summed E-state index contributed by atoms with van der Waals surface area (Å²) in [5, 5.41) is 8.94. The molecule has 1 aromatic carbocycles. The number of hydrogen-bond donors (Lipinski definition) is 1. The molecule has 0 amide bonds. The molecule has 7 heteroatoms. The molecule has 1 N–H and O–H groups in total. The van der Waals surface area contributed by atoms with Gasteiger partial charge in [-0.3, -0.25) is 0 Å². The molecule has 0 radical (unpaired) electrons. The summed E-state index contributed by atoms with van der Waals surface area (Å²) >= 11 is 0. The Morgan fingerprint density at radius 3 is 2.85 bits per heavy atom. The number of aromatic carboxylic acids is 1. The smallest absolute Gasteiger partial charge is 0.335 e. The molecule has 0 saturated heterocycles.